The zero-order valence-corrected chi connectivity index (χ0v) is 9.99. The lowest BCUT2D eigenvalue weighted by Crippen LogP contribution is -2.12. The van der Waals surface area contributed by atoms with Crippen LogP contribution in [-0.2, 0) is 5.41 Å². The molecule has 0 amide bonds. The maximum atomic E-state index is 9.03. The average molecular weight is 237 g/mol. The van der Waals surface area contributed by atoms with Gasteiger partial charge >= 0.3 is 0 Å². The number of nitriles is 1. The Balaban J connectivity index is 2.68. The fraction of sp³-hybridized carbons (Fsp3) is 0.273. The molecule has 0 aliphatic heterocycles. The van der Waals surface area contributed by atoms with Crippen LogP contribution in [0.2, 0.25) is 5.02 Å². The molecular formula is C11H9ClN2S. The molecule has 15 heavy (non-hydrogen) atoms. The third-order valence-electron chi connectivity index (χ3n) is 2.18. The summed E-state index contributed by atoms with van der Waals surface area (Å²) in [4.78, 5) is 4.42. The van der Waals surface area contributed by atoms with Gasteiger partial charge in [0.2, 0.25) is 0 Å². The number of nitrogens with zero attached hydrogens (tertiary/aromatic N) is 2. The van der Waals surface area contributed by atoms with Gasteiger partial charge in [0.1, 0.15) is 15.9 Å². The van der Waals surface area contributed by atoms with E-state index in [1.165, 1.54) is 11.3 Å². The summed E-state index contributed by atoms with van der Waals surface area (Å²) < 4.78 is 1.03. The third-order valence-corrected chi connectivity index (χ3v) is 3.83. The second-order valence-electron chi connectivity index (χ2n) is 3.84. The molecule has 0 saturated heterocycles. The summed E-state index contributed by atoms with van der Waals surface area (Å²) in [7, 11) is 0. The lowest BCUT2D eigenvalue weighted by atomic mass is 9.97. The number of halogens is 1. The van der Waals surface area contributed by atoms with E-state index in [-0.39, 0.29) is 0 Å². The lowest BCUT2D eigenvalue weighted by molar-refractivity contribution is 0.682. The Morgan fingerprint density at radius 2 is 2.20 bits per heavy atom. The fourth-order valence-corrected chi connectivity index (χ4v) is 2.55. The summed E-state index contributed by atoms with van der Waals surface area (Å²) in [5, 5.41) is 10.5. The summed E-state index contributed by atoms with van der Waals surface area (Å²) in [6, 6.07) is 7.92. The van der Waals surface area contributed by atoms with Crippen molar-refractivity contribution in [2.75, 3.05) is 0 Å². The Bertz CT molecular complexity index is 551. The summed E-state index contributed by atoms with van der Waals surface area (Å²) in [5.41, 5.74) is 0.245. The number of fused-ring (bicyclic) bond motifs is 1. The zero-order chi connectivity index (χ0) is 11.1. The van der Waals surface area contributed by atoms with E-state index in [4.69, 9.17) is 16.9 Å². The molecule has 0 bridgehead atoms. The lowest BCUT2D eigenvalue weighted by Gasteiger charge is -2.09. The number of aromatic nitrogens is 1. The molecule has 76 valence electrons. The summed E-state index contributed by atoms with van der Waals surface area (Å²) in [6.07, 6.45) is 0. The van der Waals surface area contributed by atoms with Crippen molar-refractivity contribution in [3.63, 3.8) is 0 Å². The molecule has 0 aliphatic carbocycles. The fourth-order valence-electron chi connectivity index (χ4n) is 1.23. The Hall–Kier alpha value is -1.11. The smallest absolute Gasteiger partial charge is 0.114 e. The minimum Gasteiger partial charge on any atom is -0.238 e. The number of hydrogen-bond acceptors (Lipinski definition) is 3. The molecule has 1 heterocycles. The molecule has 0 unspecified atom stereocenters. The van der Waals surface area contributed by atoms with Crippen molar-refractivity contribution in [3.8, 4) is 6.07 Å². The van der Waals surface area contributed by atoms with Gasteiger partial charge in [-0.05, 0) is 26.0 Å². The third kappa shape index (κ3) is 1.71. The first-order chi connectivity index (χ1) is 7.04. The number of para-hydroxylation sites is 1. The van der Waals surface area contributed by atoms with Gasteiger partial charge < -0.3 is 0 Å². The van der Waals surface area contributed by atoms with E-state index in [0.717, 1.165) is 15.2 Å². The topological polar surface area (TPSA) is 36.7 Å². The van der Waals surface area contributed by atoms with Gasteiger partial charge in [-0.1, -0.05) is 17.7 Å². The highest BCUT2D eigenvalue weighted by Gasteiger charge is 2.24. The van der Waals surface area contributed by atoms with Crippen molar-refractivity contribution in [2.45, 2.75) is 19.3 Å². The van der Waals surface area contributed by atoms with Crippen LogP contribution in [-0.4, -0.2) is 4.98 Å². The second-order valence-corrected chi connectivity index (χ2v) is 5.28. The maximum absolute atomic E-state index is 9.03. The largest absolute Gasteiger partial charge is 0.238 e. The number of benzene rings is 1. The molecule has 0 fully saturated rings. The van der Waals surface area contributed by atoms with Crippen LogP contribution in [0, 0.1) is 11.3 Å². The van der Waals surface area contributed by atoms with Crippen LogP contribution in [0.4, 0.5) is 0 Å². The van der Waals surface area contributed by atoms with Crippen LogP contribution in [0.5, 0.6) is 0 Å². The zero-order valence-electron chi connectivity index (χ0n) is 8.41. The van der Waals surface area contributed by atoms with Crippen LogP contribution in [0.15, 0.2) is 18.2 Å². The van der Waals surface area contributed by atoms with E-state index in [1.54, 1.807) is 0 Å². The van der Waals surface area contributed by atoms with Crippen LogP contribution in [0.1, 0.15) is 18.9 Å². The Labute approximate surface area is 97.1 Å². The van der Waals surface area contributed by atoms with Crippen molar-refractivity contribution in [2.24, 2.45) is 0 Å². The molecule has 0 atom stereocenters. The minimum atomic E-state index is -0.549. The van der Waals surface area contributed by atoms with Gasteiger partial charge in [-0.2, -0.15) is 5.26 Å². The minimum absolute atomic E-state index is 0.549. The molecule has 2 aromatic rings. The van der Waals surface area contributed by atoms with Crippen molar-refractivity contribution in [1.29, 1.82) is 5.26 Å². The van der Waals surface area contributed by atoms with Crippen LogP contribution in [0.3, 0.4) is 0 Å². The summed E-state index contributed by atoms with van der Waals surface area (Å²) in [5.74, 6) is 0. The van der Waals surface area contributed by atoms with E-state index in [1.807, 2.05) is 32.0 Å². The van der Waals surface area contributed by atoms with Crippen LogP contribution in [0.25, 0.3) is 10.2 Å². The Morgan fingerprint density at radius 1 is 1.47 bits per heavy atom. The predicted molar refractivity (Wildman–Crippen MR) is 63.3 cm³/mol. The molecule has 1 aromatic heterocycles. The van der Waals surface area contributed by atoms with Crippen LogP contribution >= 0.6 is 22.9 Å². The molecule has 0 N–H and O–H groups in total. The SMILES string of the molecule is CC(C)(C#N)c1nc2c(Cl)cccc2s1. The quantitative estimate of drug-likeness (QED) is 0.756. The summed E-state index contributed by atoms with van der Waals surface area (Å²) in [6.45, 7) is 3.72. The van der Waals surface area contributed by atoms with Gasteiger partial charge in [-0.3, -0.25) is 0 Å². The highest BCUT2D eigenvalue weighted by Crippen LogP contribution is 2.33. The first-order valence-electron chi connectivity index (χ1n) is 4.51. The standard InChI is InChI=1S/C11H9ClN2S/c1-11(2,6-13)10-14-9-7(12)4-3-5-8(9)15-10/h3-5H,1-2H3. The van der Waals surface area contributed by atoms with Crippen molar-refractivity contribution in [3.05, 3.63) is 28.2 Å². The predicted octanol–water partition coefficient (Wildman–Crippen LogP) is 3.75. The van der Waals surface area contributed by atoms with Crippen molar-refractivity contribution >= 4 is 33.2 Å². The van der Waals surface area contributed by atoms with Crippen molar-refractivity contribution < 1.29 is 0 Å². The average Bonchev–Trinajstić information content (AvgIpc) is 2.64. The van der Waals surface area contributed by atoms with Gasteiger partial charge in [-0.15, -0.1) is 11.3 Å². The molecule has 2 rings (SSSR count). The molecule has 4 heteroatoms. The van der Waals surface area contributed by atoms with Gasteiger partial charge in [0.15, 0.2) is 0 Å². The highest BCUT2D eigenvalue weighted by molar-refractivity contribution is 7.18. The monoisotopic (exact) mass is 236 g/mol. The maximum Gasteiger partial charge on any atom is 0.114 e. The van der Waals surface area contributed by atoms with Crippen molar-refractivity contribution in [1.82, 2.24) is 4.98 Å². The Kier molecular flexibility index (Phi) is 2.41. The first kappa shape index (κ1) is 10.4. The normalized spacial score (nSPS) is 11.6. The summed E-state index contributed by atoms with van der Waals surface area (Å²) >= 11 is 7.55. The van der Waals surface area contributed by atoms with E-state index in [0.29, 0.717) is 5.02 Å². The van der Waals surface area contributed by atoms with Gasteiger partial charge in [0.25, 0.3) is 0 Å². The molecule has 1 aromatic carbocycles. The van der Waals surface area contributed by atoms with E-state index in [2.05, 4.69) is 11.1 Å². The van der Waals surface area contributed by atoms with Gasteiger partial charge in [0, 0.05) is 0 Å². The molecule has 0 radical (unpaired) electrons. The second kappa shape index (κ2) is 3.48. The number of rotatable bonds is 1. The van der Waals surface area contributed by atoms with E-state index >= 15 is 0 Å². The van der Waals surface area contributed by atoms with E-state index < -0.39 is 5.41 Å². The molecule has 0 aliphatic rings. The van der Waals surface area contributed by atoms with Gasteiger partial charge in [0.05, 0.1) is 15.8 Å². The van der Waals surface area contributed by atoms with E-state index in [9.17, 15) is 0 Å². The molecular weight excluding hydrogens is 228 g/mol. The Morgan fingerprint density at radius 3 is 2.80 bits per heavy atom. The van der Waals surface area contributed by atoms with Crippen LogP contribution < -0.4 is 0 Å². The molecule has 2 nitrogen and oxygen atoms in total. The molecule has 0 spiro atoms. The first-order valence-corrected chi connectivity index (χ1v) is 5.71. The van der Waals surface area contributed by atoms with Gasteiger partial charge in [-0.25, -0.2) is 4.98 Å². The highest BCUT2D eigenvalue weighted by atomic mass is 35.5. The molecule has 0 saturated carbocycles. The number of thiazole rings is 1. The number of hydrogen-bond donors (Lipinski definition) is 0.